The second kappa shape index (κ2) is 10.7. The zero-order chi connectivity index (χ0) is 19.7. The van der Waals surface area contributed by atoms with Crippen molar-refractivity contribution in [2.45, 2.75) is 45.2 Å². The second-order valence-electron chi connectivity index (χ2n) is 7.22. The van der Waals surface area contributed by atoms with Crippen molar-refractivity contribution in [2.75, 3.05) is 52.3 Å². The van der Waals surface area contributed by atoms with Gasteiger partial charge in [-0.05, 0) is 39.3 Å². The van der Waals surface area contributed by atoms with Crippen LogP contribution in [0.25, 0.3) is 0 Å². The SMILES string of the molecule is CCN1CCCC1CNC(=NCC(=O)N(C)C)NC(C)CCS(C)(=O)=O. The molecule has 0 saturated carbocycles. The molecule has 1 heterocycles. The first-order valence-corrected chi connectivity index (χ1v) is 11.3. The third-order valence-corrected chi connectivity index (χ3v) is 5.56. The lowest BCUT2D eigenvalue weighted by molar-refractivity contribution is -0.127. The normalized spacial score (nSPS) is 20.0. The molecule has 1 aliphatic rings. The predicted molar refractivity (Wildman–Crippen MR) is 106 cm³/mol. The molecule has 2 atom stereocenters. The zero-order valence-corrected chi connectivity index (χ0v) is 17.6. The second-order valence-corrected chi connectivity index (χ2v) is 9.48. The highest BCUT2D eigenvalue weighted by Crippen LogP contribution is 2.15. The van der Waals surface area contributed by atoms with Gasteiger partial charge < -0.3 is 15.5 Å². The Balaban J connectivity index is 2.65. The fourth-order valence-electron chi connectivity index (χ4n) is 2.89. The summed E-state index contributed by atoms with van der Waals surface area (Å²) in [5.41, 5.74) is 0. The van der Waals surface area contributed by atoms with Crippen molar-refractivity contribution in [1.29, 1.82) is 0 Å². The Labute approximate surface area is 158 Å². The minimum absolute atomic E-state index is 0.0588. The zero-order valence-electron chi connectivity index (χ0n) is 16.8. The molecule has 1 aliphatic heterocycles. The van der Waals surface area contributed by atoms with E-state index in [1.165, 1.54) is 17.6 Å². The van der Waals surface area contributed by atoms with Crippen LogP contribution < -0.4 is 10.6 Å². The van der Waals surface area contributed by atoms with Crippen LogP contribution >= 0.6 is 0 Å². The number of nitrogens with zero attached hydrogens (tertiary/aromatic N) is 3. The number of hydrogen-bond acceptors (Lipinski definition) is 5. The van der Waals surface area contributed by atoms with Crippen LogP contribution in [-0.2, 0) is 14.6 Å². The molecule has 0 radical (unpaired) electrons. The van der Waals surface area contributed by atoms with Crippen molar-refractivity contribution in [2.24, 2.45) is 4.99 Å². The Morgan fingerprint density at radius 2 is 2.08 bits per heavy atom. The van der Waals surface area contributed by atoms with Crippen LogP contribution in [-0.4, -0.2) is 94.5 Å². The number of likely N-dealkylation sites (tertiary alicyclic amines) is 1. The minimum Gasteiger partial charge on any atom is -0.355 e. The molecule has 0 spiro atoms. The van der Waals surface area contributed by atoms with Gasteiger partial charge in [0.15, 0.2) is 5.96 Å². The highest BCUT2D eigenvalue weighted by molar-refractivity contribution is 7.90. The van der Waals surface area contributed by atoms with E-state index in [4.69, 9.17) is 0 Å². The number of sulfone groups is 1. The van der Waals surface area contributed by atoms with Gasteiger partial charge in [-0.3, -0.25) is 9.69 Å². The van der Waals surface area contributed by atoms with Gasteiger partial charge in [0.1, 0.15) is 16.4 Å². The number of likely N-dealkylation sites (N-methyl/N-ethyl adjacent to an activating group) is 2. The number of nitrogens with one attached hydrogen (secondary N) is 2. The van der Waals surface area contributed by atoms with Gasteiger partial charge in [0.25, 0.3) is 0 Å². The molecule has 1 fully saturated rings. The van der Waals surface area contributed by atoms with Crippen LogP contribution in [0.1, 0.15) is 33.1 Å². The summed E-state index contributed by atoms with van der Waals surface area (Å²) in [6, 6.07) is 0.402. The van der Waals surface area contributed by atoms with Crippen molar-refractivity contribution in [3.05, 3.63) is 0 Å². The highest BCUT2D eigenvalue weighted by Gasteiger charge is 2.23. The summed E-state index contributed by atoms with van der Waals surface area (Å²) in [5, 5.41) is 6.55. The molecule has 2 unspecified atom stereocenters. The molecule has 1 rings (SSSR count). The van der Waals surface area contributed by atoms with Crippen LogP contribution in [0.5, 0.6) is 0 Å². The molecule has 0 aromatic rings. The third kappa shape index (κ3) is 8.84. The number of guanidine groups is 1. The van der Waals surface area contributed by atoms with Gasteiger partial charge in [0, 0.05) is 39.0 Å². The predicted octanol–water partition coefficient (Wildman–Crippen LogP) is -0.0827. The van der Waals surface area contributed by atoms with Crippen LogP contribution in [0.2, 0.25) is 0 Å². The van der Waals surface area contributed by atoms with Gasteiger partial charge in [-0.1, -0.05) is 6.92 Å². The summed E-state index contributed by atoms with van der Waals surface area (Å²) < 4.78 is 22.7. The summed E-state index contributed by atoms with van der Waals surface area (Å²) in [7, 11) is 0.403. The standard InChI is InChI=1S/C17H35N5O3S/c1-6-22-10-7-8-15(22)12-18-17(19-13-16(23)21(3)4)20-14(2)9-11-26(5,24)25/h14-15H,6-13H2,1-5H3,(H2,18,19,20). The number of carbonyl (C=O) groups excluding carboxylic acids is 1. The molecule has 0 bridgehead atoms. The summed E-state index contributed by atoms with van der Waals surface area (Å²) in [6.45, 7) is 7.04. The monoisotopic (exact) mass is 389 g/mol. The molecule has 1 amide bonds. The van der Waals surface area contributed by atoms with Crippen molar-refractivity contribution < 1.29 is 13.2 Å². The van der Waals surface area contributed by atoms with Gasteiger partial charge in [0.05, 0.1) is 5.75 Å². The Kier molecular flexibility index (Phi) is 9.35. The van der Waals surface area contributed by atoms with Crippen LogP contribution in [0.4, 0.5) is 0 Å². The fourth-order valence-corrected chi connectivity index (χ4v) is 3.68. The summed E-state index contributed by atoms with van der Waals surface area (Å²) in [6.07, 6.45) is 4.08. The molecule has 0 aliphatic carbocycles. The van der Waals surface area contributed by atoms with Crippen LogP contribution in [0, 0.1) is 0 Å². The highest BCUT2D eigenvalue weighted by atomic mass is 32.2. The summed E-state index contributed by atoms with van der Waals surface area (Å²) in [5.74, 6) is 0.604. The molecule has 0 aromatic carbocycles. The smallest absolute Gasteiger partial charge is 0.243 e. The molecule has 1 saturated heterocycles. The van der Waals surface area contributed by atoms with Crippen molar-refractivity contribution in [1.82, 2.24) is 20.4 Å². The lowest BCUT2D eigenvalue weighted by atomic mass is 10.2. The molecule has 2 N–H and O–H groups in total. The maximum Gasteiger partial charge on any atom is 0.243 e. The molecule has 8 nitrogen and oxygen atoms in total. The lowest BCUT2D eigenvalue weighted by Gasteiger charge is -2.25. The average molecular weight is 390 g/mol. The van der Waals surface area contributed by atoms with Gasteiger partial charge in [0.2, 0.25) is 5.91 Å². The van der Waals surface area contributed by atoms with Crippen LogP contribution in [0.3, 0.4) is 0 Å². The topological polar surface area (TPSA) is 94.1 Å². The molecule has 152 valence electrons. The van der Waals surface area contributed by atoms with Gasteiger partial charge >= 0.3 is 0 Å². The molecular weight excluding hydrogens is 354 g/mol. The Hall–Kier alpha value is -1.35. The van der Waals surface area contributed by atoms with Crippen molar-refractivity contribution >= 4 is 21.7 Å². The first-order valence-electron chi connectivity index (χ1n) is 9.29. The van der Waals surface area contributed by atoms with E-state index in [9.17, 15) is 13.2 Å². The Morgan fingerprint density at radius 1 is 1.38 bits per heavy atom. The quantitative estimate of drug-likeness (QED) is 0.423. The van der Waals surface area contributed by atoms with E-state index in [1.54, 1.807) is 14.1 Å². The Morgan fingerprint density at radius 3 is 2.65 bits per heavy atom. The number of carbonyl (C=O) groups is 1. The van der Waals surface area contributed by atoms with E-state index in [0.29, 0.717) is 18.4 Å². The molecule has 26 heavy (non-hydrogen) atoms. The Bertz CT molecular complexity index is 577. The number of aliphatic imine (C=N–C) groups is 1. The third-order valence-electron chi connectivity index (χ3n) is 4.59. The summed E-state index contributed by atoms with van der Waals surface area (Å²) in [4.78, 5) is 20.1. The van der Waals surface area contributed by atoms with E-state index in [-0.39, 0.29) is 24.2 Å². The van der Waals surface area contributed by atoms with E-state index < -0.39 is 9.84 Å². The van der Waals surface area contributed by atoms with Gasteiger partial charge in [-0.25, -0.2) is 13.4 Å². The lowest BCUT2D eigenvalue weighted by Crippen LogP contribution is -2.48. The fraction of sp³-hybridized carbons (Fsp3) is 0.882. The molecule has 9 heteroatoms. The minimum atomic E-state index is -3.00. The maximum atomic E-state index is 11.8. The summed E-state index contributed by atoms with van der Waals surface area (Å²) >= 11 is 0. The first kappa shape index (κ1) is 22.7. The van der Waals surface area contributed by atoms with Crippen molar-refractivity contribution in [3.63, 3.8) is 0 Å². The van der Waals surface area contributed by atoms with Gasteiger partial charge in [-0.2, -0.15) is 0 Å². The number of amides is 1. The molecule has 0 aromatic heterocycles. The van der Waals surface area contributed by atoms with Crippen LogP contribution in [0.15, 0.2) is 4.99 Å². The van der Waals surface area contributed by atoms with E-state index >= 15 is 0 Å². The largest absolute Gasteiger partial charge is 0.355 e. The van der Waals surface area contributed by atoms with Gasteiger partial charge in [-0.15, -0.1) is 0 Å². The maximum absolute atomic E-state index is 11.8. The van der Waals surface area contributed by atoms with Crippen molar-refractivity contribution in [3.8, 4) is 0 Å². The van der Waals surface area contributed by atoms with E-state index in [0.717, 1.165) is 26.1 Å². The first-order chi connectivity index (χ1) is 12.1. The number of hydrogen-bond donors (Lipinski definition) is 2. The van der Waals surface area contributed by atoms with E-state index in [2.05, 4.69) is 27.4 Å². The van der Waals surface area contributed by atoms with E-state index in [1.807, 2.05) is 6.92 Å². The average Bonchev–Trinajstić information content (AvgIpc) is 3.01. The molecular formula is C17H35N5O3S. The number of rotatable bonds is 9.